The fourth-order valence-corrected chi connectivity index (χ4v) is 2.96. The van der Waals surface area contributed by atoms with E-state index in [2.05, 4.69) is 10.5 Å². The third-order valence-electron chi connectivity index (χ3n) is 4.33. The van der Waals surface area contributed by atoms with Gasteiger partial charge in [0.15, 0.2) is 0 Å². The van der Waals surface area contributed by atoms with Gasteiger partial charge in [0, 0.05) is 17.8 Å². The monoisotopic (exact) mass is 317 g/mol. The van der Waals surface area contributed by atoms with Crippen molar-refractivity contribution in [2.24, 2.45) is 5.10 Å². The molecule has 0 aromatic heterocycles. The Labute approximate surface area is 138 Å². The lowest BCUT2D eigenvalue weighted by Crippen LogP contribution is -2.04. The molecule has 0 bridgehead atoms. The highest BCUT2D eigenvalue weighted by Gasteiger charge is 2.06. The van der Waals surface area contributed by atoms with Crippen LogP contribution in [0.25, 0.3) is 0 Å². The van der Waals surface area contributed by atoms with E-state index in [9.17, 15) is 10.1 Å². The van der Waals surface area contributed by atoms with E-state index in [-0.39, 0.29) is 10.6 Å². The van der Waals surface area contributed by atoms with Crippen molar-refractivity contribution in [1.29, 1.82) is 0 Å². The fraction of sp³-hybridized carbons (Fsp3) is 0.611. The Bertz CT molecular complexity index is 515. The lowest BCUT2D eigenvalue weighted by molar-refractivity contribution is -0.384. The number of nitrogens with zero attached hydrogens (tertiary/aromatic N) is 2. The van der Waals surface area contributed by atoms with Crippen LogP contribution in [0.3, 0.4) is 0 Å². The van der Waals surface area contributed by atoms with E-state index in [1.54, 1.807) is 6.07 Å². The molecule has 1 saturated carbocycles. The van der Waals surface area contributed by atoms with Crippen molar-refractivity contribution < 1.29 is 4.92 Å². The Morgan fingerprint density at radius 1 is 0.913 bits per heavy atom. The number of rotatable bonds is 3. The molecular weight excluding hydrogens is 290 g/mol. The first-order valence-electron chi connectivity index (χ1n) is 8.81. The highest BCUT2D eigenvalue weighted by atomic mass is 16.6. The van der Waals surface area contributed by atoms with Gasteiger partial charge in [-0.3, -0.25) is 15.5 Å². The van der Waals surface area contributed by atoms with Crippen molar-refractivity contribution >= 4 is 17.1 Å². The van der Waals surface area contributed by atoms with Crippen molar-refractivity contribution in [2.75, 3.05) is 5.43 Å². The molecule has 5 nitrogen and oxygen atoms in total. The second-order valence-corrected chi connectivity index (χ2v) is 6.28. The van der Waals surface area contributed by atoms with E-state index in [0.29, 0.717) is 5.69 Å². The molecule has 2 rings (SSSR count). The highest BCUT2D eigenvalue weighted by Crippen LogP contribution is 2.18. The van der Waals surface area contributed by atoms with E-state index in [0.717, 1.165) is 12.8 Å². The summed E-state index contributed by atoms with van der Waals surface area (Å²) in [6.45, 7) is 0. The van der Waals surface area contributed by atoms with Gasteiger partial charge in [0.05, 0.1) is 10.6 Å². The Hall–Kier alpha value is -1.91. The first-order chi connectivity index (χ1) is 11.3. The molecule has 5 heteroatoms. The number of benzene rings is 1. The molecule has 0 radical (unpaired) electrons. The summed E-state index contributed by atoms with van der Waals surface area (Å²) >= 11 is 0. The average molecular weight is 317 g/mol. The molecule has 126 valence electrons. The Kier molecular flexibility index (Phi) is 7.57. The zero-order valence-corrected chi connectivity index (χ0v) is 13.8. The number of hydrogen-bond donors (Lipinski definition) is 1. The van der Waals surface area contributed by atoms with Gasteiger partial charge in [-0.2, -0.15) is 5.10 Å². The van der Waals surface area contributed by atoms with Crippen molar-refractivity contribution in [3.63, 3.8) is 0 Å². The molecule has 0 unspecified atom stereocenters. The number of hydrogen-bond acceptors (Lipinski definition) is 4. The summed E-state index contributed by atoms with van der Waals surface area (Å²) in [5.41, 5.74) is 4.97. The van der Waals surface area contributed by atoms with Crippen molar-refractivity contribution in [3.8, 4) is 0 Å². The third-order valence-corrected chi connectivity index (χ3v) is 4.33. The van der Waals surface area contributed by atoms with Crippen LogP contribution < -0.4 is 5.43 Å². The molecule has 0 heterocycles. The van der Waals surface area contributed by atoms with E-state index in [1.807, 2.05) is 6.07 Å². The van der Waals surface area contributed by atoms with Crippen molar-refractivity contribution in [2.45, 2.75) is 70.6 Å². The van der Waals surface area contributed by atoms with Crippen LogP contribution >= 0.6 is 0 Å². The van der Waals surface area contributed by atoms with Crippen LogP contribution in [0.4, 0.5) is 11.4 Å². The minimum Gasteiger partial charge on any atom is -0.278 e. The van der Waals surface area contributed by atoms with Gasteiger partial charge in [0.1, 0.15) is 0 Å². The van der Waals surface area contributed by atoms with Gasteiger partial charge >= 0.3 is 0 Å². The Morgan fingerprint density at radius 3 is 2.04 bits per heavy atom. The van der Waals surface area contributed by atoms with Gasteiger partial charge in [-0.05, 0) is 31.7 Å². The van der Waals surface area contributed by atoms with Crippen LogP contribution in [0.15, 0.2) is 29.4 Å². The van der Waals surface area contributed by atoms with Crippen LogP contribution in [0.5, 0.6) is 0 Å². The van der Waals surface area contributed by atoms with Crippen LogP contribution in [-0.2, 0) is 0 Å². The molecule has 1 fully saturated rings. The predicted octanol–water partition coefficient (Wildman–Crippen LogP) is 5.67. The lowest BCUT2D eigenvalue weighted by atomic mass is 10.00. The minimum absolute atomic E-state index is 0.0916. The number of nitro groups is 1. The molecule has 0 amide bonds. The standard InChI is InChI=1S/C18H27N3O2/c22-21(23)18-14-10-13-17(15-18)20-19-16-11-8-6-4-2-1-3-5-7-9-12-16/h10,13-15,20H,1-9,11-12H2. The fourth-order valence-electron chi connectivity index (χ4n) is 2.96. The maximum Gasteiger partial charge on any atom is 0.271 e. The van der Waals surface area contributed by atoms with E-state index in [4.69, 9.17) is 0 Å². The summed E-state index contributed by atoms with van der Waals surface area (Å²) in [6, 6.07) is 6.52. The zero-order chi connectivity index (χ0) is 16.3. The van der Waals surface area contributed by atoms with Crippen LogP contribution in [0.1, 0.15) is 70.6 Å². The van der Waals surface area contributed by atoms with Gasteiger partial charge < -0.3 is 0 Å². The third kappa shape index (κ3) is 6.80. The summed E-state index contributed by atoms with van der Waals surface area (Å²) in [5, 5.41) is 15.3. The molecule has 23 heavy (non-hydrogen) atoms. The second kappa shape index (κ2) is 9.98. The smallest absolute Gasteiger partial charge is 0.271 e. The quantitative estimate of drug-likeness (QED) is 0.577. The van der Waals surface area contributed by atoms with E-state index in [1.165, 1.54) is 75.6 Å². The Balaban J connectivity index is 1.93. The highest BCUT2D eigenvalue weighted by molar-refractivity contribution is 5.85. The van der Waals surface area contributed by atoms with Crippen LogP contribution in [-0.4, -0.2) is 10.6 Å². The van der Waals surface area contributed by atoms with Crippen LogP contribution in [0.2, 0.25) is 0 Å². The summed E-state index contributed by atoms with van der Waals surface area (Å²) in [5.74, 6) is 0. The average Bonchev–Trinajstić information content (AvgIpc) is 2.54. The molecule has 0 saturated heterocycles. The number of non-ortho nitro benzene ring substituents is 1. The summed E-state index contributed by atoms with van der Waals surface area (Å²) in [7, 11) is 0. The lowest BCUT2D eigenvalue weighted by Gasteiger charge is -2.10. The normalized spacial score (nSPS) is 17.7. The molecule has 1 aromatic rings. The summed E-state index contributed by atoms with van der Waals surface area (Å²) in [4.78, 5) is 10.4. The molecule has 1 aromatic carbocycles. The summed E-state index contributed by atoms with van der Waals surface area (Å²) < 4.78 is 0. The topological polar surface area (TPSA) is 67.5 Å². The van der Waals surface area contributed by atoms with Gasteiger partial charge in [-0.15, -0.1) is 0 Å². The number of nitro benzene ring substituents is 1. The molecule has 1 aliphatic carbocycles. The maximum absolute atomic E-state index is 10.8. The van der Waals surface area contributed by atoms with Gasteiger partial charge in [-0.1, -0.05) is 51.0 Å². The maximum atomic E-state index is 10.8. The Morgan fingerprint density at radius 2 is 1.48 bits per heavy atom. The van der Waals surface area contributed by atoms with E-state index >= 15 is 0 Å². The molecule has 0 spiro atoms. The summed E-state index contributed by atoms with van der Waals surface area (Å²) in [6.07, 6.45) is 13.7. The SMILES string of the molecule is O=[N+]([O-])c1cccc(NN=C2CCCCCCCCCCC2)c1. The van der Waals surface area contributed by atoms with E-state index < -0.39 is 0 Å². The second-order valence-electron chi connectivity index (χ2n) is 6.28. The van der Waals surface area contributed by atoms with Gasteiger partial charge in [0.25, 0.3) is 5.69 Å². The zero-order valence-electron chi connectivity index (χ0n) is 13.8. The minimum atomic E-state index is -0.381. The molecular formula is C18H27N3O2. The van der Waals surface area contributed by atoms with Gasteiger partial charge in [-0.25, -0.2) is 0 Å². The molecule has 1 aliphatic rings. The largest absolute Gasteiger partial charge is 0.278 e. The first-order valence-corrected chi connectivity index (χ1v) is 8.81. The van der Waals surface area contributed by atoms with Crippen LogP contribution in [0, 0.1) is 10.1 Å². The number of nitrogens with one attached hydrogen (secondary N) is 1. The van der Waals surface area contributed by atoms with Gasteiger partial charge in [0.2, 0.25) is 0 Å². The molecule has 0 aliphatic heterocycles. The number of hydrazone groups is 1. The van der Waals surface area contributed by atoms with Crippen molar-refractivity contribution in [3.05, 3.63) is 34.4 Å². The first kappa shape index (κ1) is 17.4. The predicted molar refractivity (Wildman–Crippen MR) is 94.9 cm³/mol. The molecule has 0 atom stereocenters. The number of anilines is 1. The molecule has 1 N–H and O–H groups in total. The van der Waals surface area contributed by atoms with Crippen molar-refractivity contribution in [1.82, 2.24) is 0 Å².